The minimum atomic E-state index is -4.61. The van der Waals surface area contributed by atoms with Crippen molar-refractivity contribution in [3.05, 3.63) is 0 Å². The first-order chi connectivity index (χ1) is 2.56. The van der Waals surface area contributed by atoms with Crippen LogP contribution in [0.25, 0.3) is 0 Å². The van der Waals surface area contributed by atoms with E-state index in [1.54, 1.807) is 0 Å². The topological polar surface area (TPSA) is 83.8 Å². The molecule has 0 heterocycles. The van der Waals surface area contributed by atoms with Crippen LogP contribution in [0, 0.1) is 0 Å². The Balaban J connectivity index is -0.000000125. The average molecular weight is 154 g/mol. The fourth-order valence-corrected chi connectivity index (χ4v) is 0. The molecular weight excluding hydrogens is 151 g/mol. The Morgan fingerprint density at radius 2 is 1.71 bits per heavy atom. The summed E-state index contributed by atoms with van der Waals surface area (Å²) in [6.07, 6.45) is 0. The van der Waals surface area contributed by atoms with Gasteiger partial charge in [0.15, 0.2) is 0 Å². The zero-order valence-corrected chi connectivity index (χ0v) is 7.47. The monoisotopic (exact) mass is 154 g/mol. The van der Waals surface area contributed by atoms with Gasteiger partial charge in [-0.1, -0.05) is 4.33 Å². The van der Waals surface area contributed by atoms with Gasteiger partial charge >= 0.3 is 61.8 Å². The number of hydrogen-bond acceptors (Lipinski definition) is 4. The van der Waals surface area contributed by atoms with Crippen LogP contribution in [-0.4, -0.2) is 18.2 Å². The van der Waals surface area contributed by atoms with Gasteiger partial charge in [-0.2, -0.15) is 8.42 Å². The van der Waals surface area contributed by atoms with Crippen molar-refractivity contribution in [2.45, 2.75) is 0 Å². The molecule has 0 saturated heterocycles. The molecule has 40 valence electrons. The summed E-state index contributed by atoms with van der Waals surface area (Å²) in [4.78, 5) is 0. The summed E-state index contributed by atoms with van der Waals surface area (Å²) in [7, 11) is -4.61. The molecular formula is H3KO5S. The molecule has 0 aliphatic rings. The Morgan fingerprint density at radius 3 is 1.71 bits per heavy atom. The predicted octanol–water partition coefficient (Wildman–Crippen LogP) is -3.60. The van der Waals surface area contributed by atoms with E-state index in [4.69, 9.17) is 18.2 Å². The third kappa shape index (κ3) is 11.2. The second kappa shape index (κ2) is 4.36. The van der Waals surface area contributed by atoms with Crippen molar-refractivity contribution in [3.63, 3.8) is 0 Å². The smallest absolute Gasteiger partial charge is 1.00 e. The van der Waals surface area contributed by atoms with E-state index in [2.05, 4.69) is 4.33 Å². The van der Waals surface area contributed by atoms with E-state index in [0.717, 1.165) is 0 Å². The van der Waals surface area contributed by atoms with Crippen LogP contribution in [0.3, 0.4) is 0 Å². The summed E-state index contributed by atoms with van der Waals surface area (Å²) in [5.74, 6) is 0. The maximum absolute atomic E-state index is 9.08. The third-order valence-corrected chi connectivity index (χ3v) is 0.283. The fourth-order valence-electron chi connectivity index (χ4n) is 0. The van der Waals surface area contributed by atoms with E-state index >= 15 is 0 Å². The van der Waals surface area contributed by atoms with Crippen molar-refractivity contribution in [2.24, 2.45) is 0 Å². The van der Waals surface area contributed by atoms with E-state index in [-0.39, 0.29) is 52.8 Å². The van der Waals surface area contributed by atoms with Gasteiger partial charge in [-0.15, -0.1) is 0 Å². The molecule has 0 unspecified atom stereocenters. The SMILES string of the molecule is O=S(=O)(O)OO.[H-].[K+]. The van der Waals surface area contributed by atoms with Gasteiger partial charge in [0.05, 0.1) is 0 Å². The van der Waals surface area contributed by atoms with Crippen molar-refractivity contribution < 1.29 is 75.4 Å². The van der Waals surface area contributed by atoms with E-state index in [9.17, 15) is 0 Å². The Bertz CT molecular complexity index is 114. The molecule has 0 aromatic carbocycles. The Morgan fingerprint density at radius 1 is 1.57 bits per heavy atom. The largest absolute Gasteiger partial charge is 1.00 e. The van der Waals surface area contributed by atoms with Crippen LogP contribution in [0.5, 0.6) is 0 Å². The van der Waals surface area contributed by atoms with Gasteiger partial charge < -0.3 is 1.43 Å². The van der Waals surface area contributed by atoms with Crippen molar-refractivity contribution in [1.29, 1.82) is 0 Å². The Hall–Kier alpha value is 1.47. The van der Waals surface area contributed by atoms with E-state index < -0.39 is 10.4 Å². The van der Waals surface area contributed by atoms with E-state index in [1.807, 2.05) is 0 Å². The minimum absolute atomic E-state index is 0. The van der Waals surface area contributed by atoms with Gasteiger partial charge in [0.25, 0.3) is 0 Å². The van der Waals surface area contributed by atoms with E-state index in [1.165, 1.54) is 0 Å². The summed E-state index contributed by atoms with van der Waals surface area (Å²) in [6, 6.07) is 0. The first kappa shape index (κ1) is 11.3. The van der Waals surface area contributed by atoms with Crippen molar-refractivity contribution >= 4 is 10.4 Å². The molecule has 0 aliphatic heterocycles. The normalized spacial score (nSPS) is 10.0. The summed E-state index contributed by atoms with van der Waals surface area (Å²) < 4.78 is 28.0. The molecule has 7 heavy (non-hydrogen) atoms. The van der Waals surface area contributed by atoms with Crippen LogP contribution >= 0.6 is 0 Å². The molecule has 0 atom stereocenters. The van der Waals surface area contributed by atoms with Crippen molar-refractivity contribution in [1.82, 2.24) is 0 Å². The van der Waals surface area contributed by atoms with Crippen molar-refractivity contribution in [3.8, 4) is 0 Å². The maximum atomic E-state index is 9.08. The zero-order valence-electron chi connectivity index (χ0n) is 4.53. The molecule has 0 aliphatic carbocycles. The molecule has 0 aromatic rings. The molecule has 0 spiro atoms. The van der Waals surface area contributed by atoms with Crippen LogP contribution < -0.4 is 51.4 Å². The van der Waals surface area contributed by atoms with Gasteiger partial charge in [-0.25, -0.2) is 5.26 Å². The first-order valence-electron chi connectivity index (χ1n) is 0.865. The standard InChI is InChI=1S/K.H2O5S.H/c;1-5-6(2,3)4;/h;1H,(H,2,3,4);/q+1;;-1. The molecule has 5 nitrogen and oxygen atoms in total. The average Bonchev–Trinajstić information content (AvgIpc) is 1.35. The summed E-state index contributed by atoms with van der Waals surface area (Å²) in [5.41, 5.74) is 0. The second-order valence-electron chi connectivity index (χ2n) is 0.502. The molecule has 7 heteroatoms. The van der Waals surface area contributed by atoms with Crippen LogP contribution in [0.4, 0.5) is 0 Å². The zero-order chi connectivity index (χ0) is 5.21. The molecule has 2 N–H and O–H groups in total. The first-order valence-corrected chi connectivity index (χ1v) is 2.23. The van der Waals surface area contributed by atoms with Crippen LogP contribution in [-0.2, 0) is 14.7 Å². The van der Waals surface area contributed by atoms with Crippen LogP contribution in [0.2, 0.25) is 0 Å². The number of rotatable bonds is 1. The molecule has 0 radical (unpaired) electrons. The Labute approximate surface area is 84.5 Å². The predicted molar refractivity (Wildman–Crippen MR) is 16.4 cm³/mol. The van der Waals surface area contributed by atoms with Gasteiger partial charge in [0.2, 0.25) is 0 Å². The molecule has 0 rings (SSSR count). The van der Waals surface area contributed by atoms with Crippen LogP contribution in [0.15, 0.2) is 0 Å². The second-order valence-corrected chi connectivity index (χ2v) is 1.51. The summed E-state index contributed by atoms with van der Waals surface area (Å²) in [6.45, 7) is 0. The van der Waals surface area contributed by atoms with Crippen molar-refractivity contribution in [2.75, 3.05) is 0 Å². The quantitative estimate of drug-likeness (QED) is 0.176. The molecule has 0 amide bonds. The van der Waals surface area contributed by atoms with Crippen LogP contribution in [0.1, 0.15) is 1.43 Å². The third-order valence-electron chi connectivity index (χ3n) is 0.0942. The van der Waals surface area contributed by atoms with Gasteiger partial charge in [0, 0.05) is 0 Å². The number of hydrogen-bond donors (Lipinski definition) is 2. The molecule has 0 saturated carbocycles. The minimum Gasteiger partial charge on any atom is -1.00 e. The van der Waals surface area contributed by atoms with Gasteiger partial charge in [-0.3, -0.25) is 4.55 Å². The van der Waals surface area contributed by atoms with Gasteiger partial charge in [0.1, 0.15) is 0 Å². The van der Waals surface area contributed by atoms with E-state index in [0.29, 0.717) is 0 Å². The molecule has 0 bridgehead atoms. The van der Waals surface area contributed by atoms with Gasteiger partial charge in [-0.05, 0) is 0 Å². The fraction of sp³-hybridized carbons (Fsp3) is 0. The molecule has 0 aromatic heterocycles. The maximum Gasteiger partial charge on any atom is 1.00 e. The molecule has 0 fully saturated rings. The Kier molecular flexibility index (Phi) is 7.02. The summed E-state index contributed by atoms with van der Waals surface area (Å²) >= 11 is 0. The summed E-state index contributed by atoms with van der Waals surface area (Å²) in [5, 5.41) is 7.06.